The van der Waals surface area contributed by atoms with Gasteiger partial charge in [0.1, 0.15) is 5.76 Å². The summed E-state index contributed by atoms with van der Waals surface area (Å²) in [7, 11) is 0. The average molecular weight is 400 g/mol. The smallest absolute Gasteiger partial charge is 0.259 e. The van der Waals surface area contributed by atoms with Crippen LogP contribution in [0.4, 0.5) is 5.69 Å². The van der Waals surface area contributed by atoms with Crippen molar-refractivity contribution in [2.45, 2.75) is 32.5 Å². The number of ether oxygens (including phenoxy) is 2. The van der Waals surface area contributed by atoms with Gasteiger partial charge in [0.15, 0.2) is 5.79 Å². The maximum absolute atomic E-state index is 12.1. The number of rotatable bonds is 2. The zero-order valence-electron chi connectivity index (χ0n) is 16.0. The highest BCUT2D eigenvalue weighted by Crippen LogP contribution is 2.41. The predicted molar refractivity (Wildman–Crippen MR) is 109 cm³/mol. The van der Waals surface area contributed by atoms with Crippen molar-refractivity contribution < 1.29 is 19.4 Å². The Morgan fingerprint density at radius 2 is 1.79 bits per heavy atom. The molecule has 0 unspecified atom stereocenters. The first-order chi connectivity index (χ1) is 13.2. The van der Waals surface area contributed by atoms with Crippen LogP contribution in [0.1, 0.15) is 37.8 Å². The summed E-state index contributed by atoms with van der Waals surface area (Å²) in [6.07, 6.45) is 0. The Morgan fingerprint density at radius 1 is 1.14 bits per heavy atom. The van der Waals surface area contributed by atoms with Gasteiger partial charge in [0.05, 0.1) is 29.5 Å². The first-order valence-corrected chi connectivity index (χ1v) is 9.56. The number of hydrogen-bond acceptors (Lipinski definition) is 4. The van der Waals surface area contributed by atoms with Crippen LogP contribution in [0, 0.1) is 0 Å². The number of nitrogens with one attached hydrogen (secondary N) is 1. The third kappa shape index (κ3) is 3.41. The van der Waals surface area contributed by atoms with Gasteiger partial charge in [-0.05, 0) is 44.0 Å². The maximum atomic E-state index is 12.1. The van der Waals surface area contributed by atoms with Crippen molar-refractivity contribution in [1.82, 2.24) is 0 Å². The molecule has 0 saturated carbocycles. The summed E-state index contributed by atoms with van der Waals surface area (Å²) in [6, 6.07) is 11.7. The van der Waals surface area contributed by atoms with Crippen LogP contribution in [0.5, 0.6) is 0 Å². The zero-order chi connectivity index (χ0) is 20.1. The van der Waals surface area contributed by atoms with E-state index in [4.69, 9.17) is 21.1 Å². The molecule has 146 valence electrons. The number of benzene rings is 2. The number of allylic oxidation sites excluding steroid dienone is 1. The van der Waals surface area contributed by atoms with Gasteiger partial charge in [-0.1, -0.05) is 35.9 Å². The largest absolute Gasteiger partial charge is 0.512 e. The Bertz CT molecular complexity index is 965. The molecule has 0 aliphatic carbocycles. The molecule has 2 aromatic carbocycles. The van der Waals surface area contributed by atoms with E-state index in [1.807, 2.05) is 44.2 Å². The van der Waals surface area contributed by atoms with Crippen LogP contribution in [0.25, 0.3) is 16.7 Å². The molecule has 0 spiro atoms. The van der Waals surface area contributed by atoms with Crippen molar-refractivity contribution in [3.8, 4) is 11.1 Å². The number of anilines is 1. The molecular formula is C22H22ClNO4. The summed E-state index contributed by atoms with van der Waals surface area (Å²) < 4.78 is 11.5. The maximum Gasteiger partial charge on any atom is 0.259 e. The molecule has 5 nitrogen and oxygen atoms in total. The average Bonchev–Trinajstić information content (AvgIpc) is 2.96. The molecule has 2 aliphatic heterocycles. The second kappa shape index (κ2) is 6.92. The highest BCUT2D eigenvalue weighted by Gasteiger charge is 2.30. The third-order valence-electron chi connectivity index (χ3n) is 5.17. The van der Waals surface area contributed by atoms with Gasteiger partial charge < -0.3 is 19.9 Å². The summed E-state index contributed by atoms with van der Waals surface area (Å²) in [6.45, 7) is 6.56. The van der Waals surface area contributed by atoms with Crippen LogP contribution in [0.3, 0.4) is 0 Å². The first-order valence-electron chi connectivity index (χ1n) is 9.18. The molecule has 0 bridgehead atoms. The number of amides is 1. The van der Waals surface area contributed by atoms with Crippen molar-refractivity contribution in [2.75, 3.05) is 18.5 Å². The lowest BCUT2D eigenvalue weighted by Crippen LogP contribution is -2.38. The van der Waals surface area contributed by atoms with E-state index >= 15 is 0 Å². The molecule has 1 fully saturated rings. The van der Waals surface area contributed by atoms with Crippen LogP contribution < -0.4 is 5.32 Å². The first kappa shape index (κ1) is 19.0. The molecule has 2 heterocycles. The van der Waals surface area contributed by atoms with Crippen LogP contribution >= 0.6 is 11.6 Å². The van der Waals surface area contributed by atoms with E-state index in [1.54, 1.807) is 6.07 Å². The van der Waals surface area contributed by atoms with E-state index in [9.17, 15) is 9.90 Å². The fourth-order valence-electron chi connectivity index (χ4n) is 3.59. The fourth-order valence-corrected chi connectivity index (χ4v) is 3.86. The Balaban J connectivity index is 1.64. The topological polar surface area (TPSA) is 67.8 Å². The third-order valence-corrected chi connectivity index (χ3v) is 5.48. The molecule has 1 saturated heterocycles. The molecule has 28 heavy (non-hydrogen) atoms. The van der Waals surface area contributed by atoms with Crippen LogP contribution in [-0.4, -0.2) is 30.0 Å². The van der Waals surface area contributed by atoms with Gasteiger partial charge in [-0.15, -0.1) is 0 Å². The lowest BCUT2D eigenvalue weighted by Gasteiger charge is -2.35. The molecular weight excluding hydrogens is 378 g/mol. The van der Waals surface area contributed by atoms with E-state index in [-0.39, 0.29) is 23.2 Å². The predicted octanol–water partition coefficient (Wildman–Crippen LogP) is 5.11. The molecule has 2 aliphatic rings. The van der Waals surface area contributed by atoms with E-state index in [0.29, 0.717) is 29.5 Å². The number of halogens is 1. The standard InChI is InChI=1S/C22H22ClNO4/c1-12(25)20-17-8-16(18(23)9-19(17)24-21(20)26)14-6-4-13(5-7-14)15-10-27-22(2,3)28-11-15/h4-9,15,25H,10-11H2,1-3H3,(H,24,26)/b20-12+. The number of fused-ring (bicyclic) bond motifs is 1. The van der Waals surface area contributed by atoms with Gasteiger partial charge >= 0.3 is 0 Å². The Labute approximate surface area is 168 Å². The fraction of sp³-hybridized carbons (Fsp3) is 0.318. The highest BCUT2D eigenvalue weighted by molar-refractivity contribution is 6.36. The van der Waals surface area contributed by atoms with Gasteiger partial charge in [-0.3, -0.25) is 4.79 Å². The summed E-state index contributed by atoms with van der Waals surface area (Å²) in [5.74, 6) is -0.680. The SMILES string of the molecule is C/C(O)=C1\C(=O)Nc2cc(Cl)c(-c3ccc(C4COC(C)(C)OC4)cc3)cc21. The van der Waals surface area contributed by atoms with E-state index in [2.05, 4.69) is 5.32 Å². The molecule has 6 heteroatoms. The minimum atomic E-state index is -0.532. The van der Waals surface area contributed by atoms with E-state index in [1.165, 1.54) is 6.92 Å². The van der Waals surface area contributed by atoms with Crippen LogP contribution in [-0.2, 0) is 14.3 Å². The quantitative estimate of drug-likeness (QED) is 0.543. The monoisotopic (exact) mass is 399 g/mol. The molecule has 4 rings (SSSR count). The molecule has 2 N–H and O–H groups in total. The van der Waals surface area contributed by atoms with E-state index < -0.39 is 5.79 Å². The highest BCUT2D eigenvalue weighted by atomic mass is 35.5. The summed E-state index contributed by atoms with van der Waals surface area (Å²) in [5, 5.41) is 13.2. The molecule has 0 radical (unpaired) electrons. The van der Waals surface area contributed by atoms with Gasteiger partial charge in [0.2, 0.25) is 0 Å². The Morgan fingerprint density at radius 3 is 2.39 bits per heavy atom. The van der Waals surface area contributed by atoms with Crippen molar-refractivity contribution in [1.29, 1.82) is 0 Å². The number of aliphatic hydroxyl groups is 1. The summed E-state index contributed by atoms with van der Waals surface area (Å²) >= 11 is 6.47. The molecule has 2 aromatic rings. The van der Waals surface area contributed by atoms with Gasteiger partial charge in [-0.2, -0.15) is 0 Å². The number of carbonyl (C=O) groups is 1. The minimum absolute atomic E-state index is 0.0138. The van der Waals surface area contributed by atoms with Gasteiger partial charge in [0.25, 0.3) is 5.91 Å². The summed E-state index contributed by atoms with van der Waals surface area (Å²) in [5.41, 5.74) is 4.43. The Hall–Kier alpha value is -2.34. The van der Waals surface area contributed by atoms with Crippen molar-refractivity contribution in [2.24, 2.45) is 0 Å². The number of hydrogen-bond donors (Lipinski definition) is 2. The Kier molecular flexibility index (Phi) is 4.70. The number of aliphatic hydroxyl groups excluding tert-OH is 1. The second-order valence-electron chi connectivity index (χ2n) is 7.63. The lowest BCUT2D eigenvalue weighted by molar-refractivity contribution is -0.251. The molecule has 0 atom stereocenters. The molecule has 0 aromatic heterocycles. The zero-order valence-corrected chi connectivity index (χ0v) is 16.8. The summed E-state index contributed by atoms with van der Waals surface area (Å²) in [4.78, 5) is 12.1. The minimum Gasteiger partial charge on any atom is -0.512 e. The van der Waals surface area contributed by atoms with Crippen LogP contribution in [0.15, 0.2) is 42.2 Å². The van der Waals surface area contributed by atoms with Crippen molar-refractivity contribution in [3.63, 3.8) is 0 Å². The van der Waals surface area contributed by atoms with Crippen molar-refractivity contribution >= 4 is 28.8 Å². The van der Waals surface area contributed by atoms with Gasteiger partial charge in [-0.25, -0.2) is 0 Å². The van der Waals surface area contributed by atoms with Gasteiger partial charge in [0, 0.05) is 17.0 Å². The van der Waals surface area contributed by atoms with E-state index in [0.717, 1.165) is 16.7 Å². The normalized spacial score (nSPS) is 20.6. The van der Waals surface area contributed by atoms with Crippen molar-refractivity contribution in [3.05, 3.63) is 58.3 Å². The van der Waals surface area contributed by atoms with Crippen LogP contribution in [0.2, 0.25) is 5.02 Å². The second-order valence-corrected chi connectivity index (χ2v) is 8.04. The molecule has 1 amide bonds. The number of carbonyl (C=O) groups excluding carboxylic acids is 1. The lowest BCUT2D eigenvalue weighted by atomic mass is 9.95.